The maximum Gasteiger partial charge on any atom is 0.338 e. The molecule has 1 heterocycles. The number of carbonyl (C=O) groups excluding carboxylic acids is 1. The van der Waals surface area contributed by atoms with Crippen molar-refractivity contribution in [1.82, 2.24) is 4.90 Å². The molecular weight excluding hydrogens is 240 g/mol. The number of carbonyl (C=O) groups is 2. The van der Waals surface area contributed by atoms with Crippen LogP contribution in [0.3, 0.4) is 0 Å². The van der Waals surface area contributed by atoms with Gasteiger partial charge in [0.2, 0.25) is 0 Å². The number of nitrogens with one attached hydrogen (secondary N) is 1. The van der Waals surface area contributed by atoms with Gasteiger partial charge < -0.3 is 10.0 Å². The zero-order valence-corrected chi connectivity index (χ0v) is 10.9. The second-order valence-corrected chi connectivity index (χ2v) is 4.68. The van der Waals surface area contributed by atoms with Gasteiger partial charge in [0.25, 0.3) is 0 Å². The highest BCUT2D eigenvalue weighted by Gasteiger charge is 2.18. The van der Waals surface area contributed by atoms with Crippen molar-refractivity contribution in [1.29, 1.82) is 0 Å². The highest BCUT2D eigenvalue weighted by atomic mass is 32.1. The summed E-state index contributed by atoms with van der Waals surface area (Å²) in [5, 5.41) is 13.5. The minimum Gasteiger partial charge on any atom is -0.478 e. The lowest BCUT2D eigenvalue weighted by atomic mass is 10.2. The van der Waals surface area contributed by atoms with E-state index in [1.807, 2.05) is 13.8 Å². The number of hydrogen-bond acceptors (Lipinski definition) is 3. The van der Waals surface area contributed by atoms with Crippen LogP contribution < -0.4 is 5.32 Å². The predicted molar refractivity (Wildman–Crippen MR) is 67.8 cm³/mol. The average molecular weight is 256 g/mol. The Kier molecular flexibility index (Phi) is 4.51. The van der Waals surface area contributed by atoms with Gasteiger partial charge in [-0.1, -0.05) is 6.92 Å². The first kappa shape index (κ1) is 13.5. The molecule has 0 aliphatic heterocycles. The number of thiophene rings is 1. The molecule has 0 saturated carbocycles. The van der Waals surface area contributed by atoms with Gasteiger partial charge in [-0.2, -0.15) is 0 Å². The Morgan fingerprint density at radius 3 is 2.76 bits per heavy atom. The maximum absolute atomic E-state index is 11.8. The zero-order valence-electron chi connectivity index (χ0n) is 10.1. The predicted octanol–water partition coefficient (Wildman–Crippen LogP) is 2.71. The monoisotopic (exact) mass is 256 g/mol. The summed E-state index contributed by atoms with van der Waals surface area (Å²) < 4.78 is 0. The van der Waals surface area contributed by atoms with Crippen molar-refractivity contribution < 1.29 is 14.7 Å². The fourth-order valence-corrected chi connectivity index (χ4v) is 2.00. The molecular formula is C11H16N2O3S. The van der Waals surface area contributed by atoms with Gasteiger partial charge >= 0.3 is 12.0 Å². The van der Waals surface area contributed by atoms with Crippen molar-refractivity contribution >= 4 is 28.3 Å². The fraction of sp³-hybridized carbons (Fsp3) is 0.455. The van der Waals surface area contributed by atoms with Crippen LogP contribution in [0.2, 0.25) is 0 Å². The number of rotatable bonds is 4. The van der Waals surface area contributed by atoms with E-state index < -0.39 is 5.97 Å². The average Bonchev–Trinajstić information content (AvgIpc) is 2.75. The van der Waals surface area contributed by atoms with Crippen molar-refractivity contribution in [3.63, 3.8) is 0 Å². The third-order valence-corrected chi connectivity index (χ3v) is 3.52. The number of urea groups is 1. The summed E-state index contributed by atoms with van der Waals surface area (Å²) in [4.78, 5) is 24.2. The van der Waals surface area contributed by atoms with Gasteiger partial charge in [0, 0.05) is 13.1 Å². The maximum atomic E-state index is 11.8. The molecule has 0 spiro atoms. The van der Waals surface area contributed by atoms with Crippen molar-refractivity contribution in [3.05, 3.63) is 17.0 Å². The molecule has 0 fully saturated rings. The lowest BCUT2D eigenvalue weighted by Gasteiger charge is -2.23. The summed E-state index contributed by atoms with van der Waals surface area (Å²) in [6.45, 7) is 3.92. The summed E-state index contributed by atoms with van der Waals surface area (Å²) in [6, 6.07) is 1.30. The van der Waals surface area contributed by atoms with Crippen molar-refractivity contribution in [2.45, 2.75) is 26.3 Å². The van der Waals surface area contributed by atoms with Gasteiger partial charge in [0.15, 0.2) is 0 Å². The number of hydrogen-bond donors (Lipinski definition) is 2. The molecule has 0 bridgehead atoms. The van der Waals surface area contributed by atoms with Crippen LogP contribution in [0.25, 0.3) is 0 Å². The fourth-order valence-electron chi connectivity index (χ4n) is 1.23. The van der Waals surface area contributed by atoms with E-state index in [4.69, 9.17) is 5.11 Å². The largest absolute Gasteiger partial charge is 0.478 e. The zero-order chi connectivity index (χ0) is 13.0. The Labute approximate surface area is 104 Å². The van der Waals surface area contributed by atoms with Gasteiger partial charge in [-0.25, -0.2) is 9.59 Å². The van der Waals surface area contributed by atoms with Gasteiger partial charge in [-0.15, -0.1) is 11.3 Å². The van der Waals surface area contributed by atoms with Crippen LogP contribution in [0.5, 0.6) is 0 Å². The molecule has 1 atom stereocenters. The molecule has 0 aromatic carbocycles. The second-order valence-electron chi connectivity index (χ2n) is 3.77. The highest BCUT2D eigenvalue weighted by molar-refractivity contribution is 7.14. The second kappa shape index (κ2) is 5.67. The van der Waals surface area contributed by atoms with Crippen LogP contribution in [0.4, 0.5) is 9.80 Å². The third-order valence-electron chi connectivity index (χ3n) is 2.69. The minimum atomic E-state index is -1.03. The van der Waals surface area contributed by atoms with Crippen molar-refractivity contribution in [3.8, 4) is 0 Å². The number of nitrogens with zero attached hydrogens (tertiary/aromatic N) is 1. The standard InChI is InChI=1S/C11H16N2O3S/c1-4-7(2)13(3)11(16)12-9-8(10(14)15)5-6-17-9/h5-7H,4H2,1-3H3,(H,12,16)(H,14,15). The molecule has 1 rings (SSSR count). The van der Waals surface area contributed by atoms with Crippen LogP contribution in [-0.2, 0) is 0 Å². The highest BCUT2D eigenvalue weighted by Crippen LogP contribution is 2.23. The quantitative estimate of drug-likeness (QED) is 0.870. The Hall–Kier alpha value is -1.56. The summed E-state index contributed by atoms with van der Waals surface area (Å²) in [5.74, 6) is -1.03. The van der Waals surface area contributed by atoms with Crippen LogP contribution in [0.1, 0.15) is 30.6 Å². The molecule has 0 saturated heterocycles. The number of carboxylic acids is 1. The van der Waals surface area contributed by atoms with Crippen molar-refractivity contribution in [2.75, 3.05) is 12.4 Å². The molecule has 0 aliphatic carbocycles. The smallest absolute Gasteiger partial charge is 0.338 e. The first-order valence-corrected chi connectivity index (χ1v) is 6.20. The van der Waals surface area contributed by atoms with Gasteiger partial charge in [0.05, 0.1) is 5.56 Å². The van der Waals surface area contributed by atoms with Crippen LogP contribution in [-0.4, -0.2) is 35.1 Å². The topological polar surface area (TPSA) is 69.6 Å². The molecule has 17 heavy (non-hydrogen) atoms. The molecule has 1 aromatic rings. The Morgan fingerprint density at radius 1 is 1.59 bits per heavy atom. The molecule has 2 amide bonds. The number of aromatic carboxylic acids is 1. The normalized spacial score (nSPS) is 11.9. The summed E-state index contributed by atoms with van der Waals surface area (Å²) >= 11 is 1.20. The van der Waals surface area contributed by atoms with Crippen LogP contribution in [0.15, 0.2) is 11.4 Å². The van der Waals surface area contributed by atoms with Gasteiger partial charge in [-0.3, -0.25) is 5.32 Å². The molecule has 1 unspecified atom stereocenters. The van der Waals surface area contributed by atoms with E-state index in [1.54, 1.807) is 17.3 Å². The molecule has 0 radical (unpaired) electrons. The van der Waals surface area contributed by atoms with Crippen LogP contribution >= 0.6 is 11.3 Å². The number of amides is 2. The Bertz CT molecular complexity index is 417. The summed E-state index contributed by atoms with van der Waals surface area (Å²) in [7, 11) is 1.69. The van der Waals surface area contributed by atoms with E-state index in [2.05, 4.69) is 5.32 Å². The van der Waals surface area contributed by atoms with E-state index in [9.17, 15) is 9.59 Å². The van der Waals surface area contributed by atoms with E-state index in [0.29, 0.717) is 5.00 Å². The molecule has 0 aliphatic rings. The first-order chi connectivity index (χ1) is 7.97. The van der Waals surface area contributed by atoms with E-state index >= 15 is 0 Å². The first-order valence-electron chi connectivity index (χ1n) is 5.32. The lowest BCUT2D eigenvalue weighted by molar-refractivity contribution is 0.0698. The number of carboxylic acid groups (broad SMARTS) is 1. The molecule has 1 aromatic heterocycles. The molecule has 5 nitrogen and oxygen atoms in total. The summed E-state index contributed by atoms with van der Waals surface area (Å²) in [5.41, 5.74) is 0.126. The summed E-state index contributed by atoms with van der Waals surface area (Å²) in [6.07, 6.45) is 0.847. The molecule has 2 N–H and O–H groups in total. The lowest BCUT2D eigenvalue weighted by Crippen LogP contribution is -2.37. The van der Waals surface area contributed by atoms with Gasteiger partial charge in [-0.05, 0) is 24.8 Å². The SMILES string of the molecule is CCC(C)N(C)C(=O)Nc1sccc1C(=O)O. The number of anilines is 1. The van der Waals surface area contributed by atoms with Crippen LogP contribution in [0, 0.1) is 0 Å². The van der Waals surface area contributed by atoms with E-state index in [-0.39, 0.29) is 17.6 Å². The molecule has 94 valence electrons. The minimum absolute atomic E-state index is 0.114. The van der Waals surface area contributed by atoms with Crippen molar-refractivity contribution in [2.24, 2.45) is 0 Å². The van der Waals surface area contributed by atoms with E-state index in [1.165, 1.54) is 17.4 Å². The van der Waals surface area contributed by atoms with E-state index in [0.717, 1.165) is 6.42 Å². The third kappa shape index (κ3) is 3.20. The molecule has 6 heteroatoms. The Balaban J connectivity index is 2.74. The van der Waals surface area contributed by atoms with Gasteiger partial charge in [0.1, 0.15) is 5.00 Å². The Morgan fingerprint density at radius 2 is 2.24 bits per heavy atom.